The average Bonchev–Trinajstić information content (AvgIpc) is 2.73. The molecule has 0 radical (unpaired) electrons. The first-order valence-electron chi connectivity index (χ1n) is 10.4. The summed E-state index contributed by atoms with van der Waals surface area (Å²) in [5, 5.41) is 8.76. The van der Waals surface area contributed by atoms with Gasteiger partial charge in [0.25, 0.3) is 0 Å². The number of carbonyl (C=O) groups is 1. The van der Waals surface area contributed by atoms with Crippen LogP contribution in [0.2, 0.25) is 0 Å². The Labute approximate surface area is 179 Å². The van der Waals surface area contributed by atoms with E-state index in [9.17, 15) is 13.2 Å². The van der Waals surface area contributed by atoms with Crippen LogP contribution in [0.3, 0.4) is 0 Å². The van der Waals surface area contributed by atoms with Gasteiger partial charge in [-0.1, -0.05) is 44.0 Å². The maximum absolute atomic E-state index is 12.4. The Kier molecular flexibility index (Phi) is 9.83. The number of unbranched alkanes of at least 4 members (excludes halogenated alkanes) is 2. The van der Waals surface area contributed by atoms with Crippen molar-refractivity contribution >= 4 is 16.0 Å². The van der Waals surface area contributed by atoms with Gasteiger partial charge >= 0.3 is 5.97 Å². The molecule has 0 amide bonds. The smallest absolute Gasteiger partial charge is 0.303 e. The second kappa shape index (κ2) is 12.3. The topological polar surface area (TPSA) is 92.7 Å². The van der Waals surface area contributed by atoms with Gasteiger partial charge in [0.2, 0.25) is 10.0 Å². The molecule has 6 nitrogen and oxygen atoms in total. The number of ether oxygens (including phenoxy) is 1. The lowest BCUT2D eigenvalue weighted by molar-refractivity contribution is -0.136. The van der Waals surface area contributed by atoms with Crippen molar-refractivity contribution in [3.05, 3.63) is 59.7 Å². The zero-order valence-electron chi connectivity index (χ0n) is 17.5. The van der Waals surface area contributed by atoms with E-state index in [1.54, 1.807) is 18.2 Å². The Bertz CT molecular complexity index is 894. The van der Waals surface area contributed by atoms with Crippen LogP contribution in [-0.4, -0.2) is 32.6 Å². The first-order chi connectivity index (χ1) is 14.4. The van der Waals surface area contributed by atoms with Crippen molar-refractivity contribution in [3.8, 4) is 5.75 Å². The largest absolute Gasteiger partial charge is 0.494 e. The normalized spacial score (nSPS) is 11.4. The van der Waals surface area contributed by atoms with Crippen molar-refractivity contribution in [1.29, 1.82) is 0 Å². The van der Waals surface area contributed by atoms with Crippen LogP contribution in [0.1, 0.15) is 50.2 Å². The summed E-state index contributed by atoms with van der Waals surface area (Å²) in [5.41, 5.74) is 2.05. The summed E-state index contributed by atoms with van der Waals surface area (Å²) in [5.74, 6) is -0.181. The zero-order valence-corrected chi connectivity index (χ0v) is 18.3. The van der Waals surface area contributed by atoms with Gasteiger partial charge in [-0.2, -0.15) is 0 Å². The lowest BCUT2D eigenvalue weighted by Gasteiger charge is -2.10. The molecule has 2 N–H and O–H groups in total. The molecule has 0 saturated carbocycles. The highest BCUT2D eigenvalue weighted by molar-refractivity contribution is 7.89. The van der Waals surface area contributed by atoms with E-state index in [1.165, 1.54) is 6.42 Å². The van der Waals surface area contributed by atoms with Gasteiger partial charge in [-0.25, -0.2) is 13.1 Å². The second-order valence-corrected chi connectivity index (χ2v) is 9.01. The van der Waals surface area contributed by atoms with Gasteiger partial charge in [0.05, 0.1) is 11.5 Å². The SMILES string of the molecule is CCCCCc1ccc(S(=O)(=O)NCCCOc2cccc(CCC(=O)O)c2)cc1. The standard InChI is InChI=1S/C23H31NO5S/c1-2-3-4-7-19-10-13-22(14-11-19)30(27,28)24-16-6-17-29-21-9-5-8-20(18-21)12-15-23(25)26/h5,8-11,13-14,18,24H,2-4,6-7,12,15-17H2,1H3,(H,25,26). The highest BCUT2D eigenvalue weighted by Gasteiger charge is 2.13. The quantitative estimate of drug-likeness (QED) is 0.436. The van der Waals surface area contributed by atoms with Gasteiger partial charge in [0.1, 0.15) is 5.75 Å². The van der Waals surface area contributed by atoms with E-state index >= 15 is 0 Å². The van der Waals surface area contributed by atoms with Crippen LogP contribution in [0.4, 0.5) is 0 Å². The number of aryl methyl sites for hydroxylation is 2. The molecule has 0 aromatic heterocycles. The Morgan fingerprint density at radius 1 is 1.00 bits per heavy atom. The zero-order chi connectivity index (χ0) is 21.8. The lowest BCUT2D eigenvalue weighted by Crippen LogP contribution is -2.25. The number of hydrogen-bond acceptors (Lipinski definition) is 4. The molecule has 0 saturated heterocycles. The van der Waals surface area contributed by atoms with E-state index < -0.39 is 16.0 Å². The molecule has 0 heterocycles. The van der Waals surface area contributed by atoms with Gasteiger partial charge in [-0.3, -0.25) is 4.79 Å². The fraction of sp³-hybridized carbons (Fsp3) is 0.435. The highest BCUT2D eigenvalue weighted by Crippen LogP contribution is 2.15. The van der Waals surface area contributed by atoms with Gasteiger partial charge in [-0.05, 0) is 61.1 Å². The highest BCUT2D eigenvalue weighted by atomic mass is 32.2. The molecule has 0 atom stereocenters. The van der Waals surface area contributed by atoms with E-state index in [2.05, 4.69) is 11.6 Å². The van der Waals surface area contributed by atoms with E-state index in [-0.39, 0.29) is 17.9 Å². The third kappa shape index (κ3) is 8.55. The molecule has 0 spiro atoms. The monoisotopic (exact) mass is 433 g/mol. The Balaban J connectivity index is 1.74. The summed E-state index contributed by atoms with van der Waals surface area (Å²) in [7, 11) is -3.53. The minimum Gasteiger partial charge on any atom is -0.494 e. The number of carboxylic acids is 1. The molecule has 164 valence electrons. The summed E-state index contributed by atoms with van der Waals surface area (Å²) >= 11 is 0. The fourth-order valence-electron chi connectivity index (χ4n) is 3.01. The molecule has 2 rings (SSSR count). The van der Waals surface area contributed by atoms with Crippen molar-refractivity contribution in [3.63, 3.8) is 0 Å². The van der Waals surface area contributed by atoms with Gasteiger partial charge in [0, 0.05) is 13.0 Å². The Morgan fingerprint density at radius 3 is 2.47 bits per heavy atom. The molecule has 0 bridgehead atoms. The predicted molar refractivity (Wildman–Crippen MR) is 117 cm³/mol. The molecular formula is C23H31NO5S. The predicted octanol–water partition coefficient (Wildman–Crippen LogP) is 4.18. The number of nitrogens with one attached hydrogen (secondary N) is 1. The molecule has 0 aliphatic heterocycles. The van der Waals surface area contributed by atoms with Crippen LogP contribution in [0.25, 0.3) is 0 Å². The van der Waals surface area contributed by atoms with Crippen molar-refractivity contribution in [2.24, 2.45) is 0 Å². The number of hydrogen-bond donors (Lipinski definition) is 2. The minimum atomic E-state index is -3.53. The van der Waals surface area contributed by atoms with E-state index in [4.69, 9.17) is 9.84 Å². The van der Waals surface area contributed by atoms with Crippen LogP contribution in [0.15, 0.2) is 53.4 Å². The van der Waals surface area contributed by atoms with Crippen molar-refractivity contribution in [2.45, 2.75) is 56.8 Å². The van der Waals surface area contributed by atoms with E-state index in [0.717, 1.165) is 30.4 Å². The number of sulfonamides is 1. The van der Waals surface area contributed by atoms with E-state index in [0.29, 0.717) is 25.2 Å². The number of benzene rings is 2. The second-order valence-electron chi connectivity index (χ2n) is 7.24. The molecule has 0 fully saturated rings. The summed E-state index contributed by atoms with van der Waals surface area (Å²) in [4.78, 5) is 10.9. The van der Waals surface area contributed by atoms with Crippen LogP contribution in [-0.2, 0) is 27.7 Å². The summed E-state index contributed by atoms with van der Waals surface area (Å²) in [6.45, 7) is 2.80. The summed E-state index contributed by atoms with van der Waals surface area (Å²) in [6.07, 6.45) is 5.47. The number of aliphatic carboxylic acids is 1. The number of carboxylic acid groups (broad SMARTS) is 1. The van der Waals surface area contributed by atoms with Gasteiger partial charge in [0.15, 0.2) is 0 Å². The lowest BCUT2D eigenvalue weighted by atomic mass is 10.1. The van der Waals surface area contributed by atoms with Gasteiger partial charge < -0.3 is 9.84 Å². The molecule has 2 aromatic carbocycles. The van der Waals surface area contributed by atoms with Crippen molar-refractivity contribution in [1.82, 2.24) is 4.72 Å². The molecular weight excluding hydrogens is 402 g/mol. The summed E-state index contributed by atoms with van der Waals surface area (Å²) < 4.78 is 33.1. The fourth-order valence-corrected chi connectivity index (χ4v) is 4.08. The third-order valence-corrected chi connectivity index (χ3v) is 6.19. The molecule has 2 aromatic rings. The summed E-state index contributed by atoms with van der Waals surface area (Å²) in [6, 6.07) is 14.4. The average molecular weight is 434 g/mol. The maximum atomic E-state index is 12.4. The Hall–Kier alpha value is -2.38. The molecule has 30 heavy (non-hydrogen) atoms. The Morgan fingerprint density at radius 2 is 1.77 bits per heavy atom. The molecule has 0 unspecified atom stereocenters. The maximum Gasteiger partial charge on any atom is 0.303 e. The van der Waals surface area contributed by atoms with Crippen molar-refractivity contribution < 1.29 is 23.1 Å². The first kappa shape index (κ1) is 23.9. The minimum absolute atomic E-state index is 0.0744. The van der Waals surface area contributed by atoms with Gasteiger partial charge in [-0.15, -0.1) is 0 Å². The molecule has 0 aliphatic rings. The third-order valence-electron chi connectivity index (χ3n) is 4.71. The molecule has 0 aliphatic carbocycles. The van der Waals surface area contributed by atoms with Crippen LogP contribution in [0, 0.1) is 0 Å². The van der Waals surface area contributed by atoms with Crippen LogP contribution < -0.4 is 9.46 Å². The molecule has 7 heteroatoms. The first-order valence-corrected chi connectivity index (χ1v) is 11.9. The van der Waals surface area contributed by atoms with Crippen LogP contribution in [0.5, 0.6) is 5.75 Å². The van der Waals surface area contributed by atoms with Crippen LogP contribution >= 0.6 is 0 Å². The van der Waals surface area contributed by atoms with Crippen molar-refractivity contribution in [2.75, 3.05) is 13.2 Å². The van der Waals surface area contributed by atoms with E-state index in [1.807, 2.05) is 30.3 Å². The number of rotatable bonds is 14.